The third kappa shape index (κ3) is 3.32. The van der Waals surface area contributed by atoms with Gasteiger partial charge in [-0.25, -0.2) is 0 Å². The van der Waals surface area contributed by atoms with Gasteiger partial charge in [0.15, 0.2) is 0 Å². The summed E-state index contributed by atoms with van der Waals surface area (Å²) >= 11 is 2.26. The van der Waals surface area contributed by atoms with E-state index >= 15 is 0 Å². The van der Waals surface area contributed by atoms with Crippen LogP contribution in [0.1, 0.15) is 5.56 Å². The summed E-state index contributed by atoms with van der Waals surface area (Å²) < 4.78 is 1.14. The van der Waals surface area contributed by atoms with Gasteiger partial charge in [-0.05, 0) is 65.4 Å². The SMILES string of the molecule is Cc1ccc(Nc2ccc(I)cc2N)cc1N(C)C. The van der Waals surface area contributed by atoms with E-state index in [0.29, 0.717) is 0 Å². The standard InChI is InChI=1S/C15H18IN3/c1-10-4-6-12(9-15(10)19(2)3)18-14-7-5-11(16)8-13(14)17/h4-9,18H,17H2,1-3H3. The molecule has 0 atom stereocenters. The van der Waals surface area contributed by atoms with Crippen LogP contribution in [0.5, 0.6) is 0 Å². The summed E-state index contributed by atoms with van der Waals surface area (Å²) in [5.74, 6) is 0. The van der Waals surface area contributed by atoms with Crippen molar-refractivity contribution >= 4 is 45.3 Å². The van der Waals surface area contributed by atoms with Crippen molar-refractivity contribution in [1.29, 1.82) is 0 Å². The lowest BCUT2D eigenvalue weighted by atomic mass is 10.1. The van der Waals surface area contributed by atoms with Gasteiger partial charge in [0.1, 0.15) is 0 Å². The molecule has 0 saturated heterocycles. The fourth-order valence-electron chi connectivity index (χ4n) is 1.97. The van der Waals surface area contributed by atoms with Crippen molar-refractivity contribution in [3.63, 3.8) is 0 Å². The molecule has 4 heteroatoms. The Bertz CT molecular complexity index is 594. The first-order valence-electron chi connectivity index (χ1n) is 6.07. The van der Waals surface area contributed by atoms with Crippen LogP contribution >= 0.6 is 22.6 Å². The molecule has 0 spiro atoms. The molecule has 0 bridgehead atoms. The highest BCUT2D eigenvalue weighted by atomic mass is 127. The third-order valence-corrected chi connectivity index (χ3v) is 3.65. The molecule has 0 aliphatic heterocycles. The van der Waals surface area contributed by atoms with Crippen molar-refractivity contribution in [3.05, 3.63) is 45.5 Å². The maximum Gasteiger partial charge on any atom is 0.0618 e. The molecule has 0 aromatic heterocycles. The summed E-state index contributed by atoms with van der Waals surface area (Å²) in [6.07, 6.45) is 0. The van der Waals surface area contributed by atoms with E-state index in [1.165, 1.54) is 11.3 Å². The smallest absolute Gasteiger partial charge is 0.0618 e. The molecule has 0 heterocycles. The monoisotopic (exact) mass is 367 g/mol. The van der Waals surface area contributed by atoms with Crippen molar-refractivity contribution in [2.75, 3.05) is 30.0 Å². The molecule has 2 aromatic carbocycles. The normalized spacial score (nSPS) is 10.3. The molecule has 2 aromatic rings. The van der Waals surface area contributed by atoms with Crippen LogP contribution in [0.4, 0.5) is 22.7 Å². The van der Waals surface area contributed by atoms with E-state index in [2.05, 4.69) is 57.9 Å². The molecule has 19 heavy (non-hydrogen) atoms. The minimum Gasteiger partial charge on any atom is -0.397 e. The summed E-state index contributed by atoms with van der Waals surface area (Å²) in [5.41, 5.74) is 11.2. The van der Waals surface area contributed by atoms with Gasteiger partial charge in [0.2, 0.25) is 0 Å². The summed E-state index contributed by atoms with van der Waals surface area (Å²) in [7, 11) is 4.09. The molecule has 3 N–H and O–H groups in total. The Morgan fingerprint density at radius 3 is 2.47 bits per heavy atom. The Hall–Kier alpha value is -1.43. The van der Waals surface area contributed by atoms with E-state index in [9.17, 15) is 0 Å². The predicted molar refractivity (Wildman–Crippen MR) is 92.4 cm³/mol. The van der Waals surface area contributed by atoms with Crippen LogP contribution in [0.3, 0.4) is 0 Å². The lowest BCUT2D eigenvalue weighted by Crippen LogP contribution is -2.10. The van der Waals surface area contributed by atoms with Crippen LogP contribution in [-0.2, 0) is 0 Å². The molecule has 3 nitrogen and oxygen atoms in total. The van der Waals surface area contributed by atoms with Gasteiger partial charge in [0, 0.05) is 29.0 Å². The second kappa shape index (κ2) is 5.69. The molecule has 0 aliphatic carbocycles. The first kappa shape index (κ1) is 14.0. The zero-order chi connectivity index (χ0) is 14.0. The molecule has 0 fully saturated rings. The van der Waals surface area contributed by atoms with Gasteiger partial charge in [0.05, 0.1) is 11.4 Å². The number of nitrogens with one attached hydrogen (secondary N) is 1. The van der Waals surface area contributed by atoms with E-state index in [1.807, 2.05) is 32.3 Å². The number of halogens is 1. The van der Waals surface area contributed by atoms with Crippen molar-refractivity contribution in [2.24, 2.45) is 0 Å². The highest BCUT2D eigenvalue weighted by Gasteiger charge is 2.04. The summed E-state index contributed by atoms with van der Waals surface area (Å²) in [5, 5.41) is 3.37. The second-order valence-electron chi connectivity index (χ2n) is 4.75. The number of nitrogens with two attached hydrogens (primary N) is 1. The fourth-order valence-corrected chi connectivity index (χ4v) is 2.49. The predicted octanol–water partition coefficient (Wildman–Crippen LogP) is 3.99. The van der Waals surface area contributed by atoms with Gasteiger partial charge < -0.3 is 16.0 Å². The first-order valence-corrected chi connectivity index (χ1v) is 7.15. The van der Waals surface area contributed by atoms with Crippen LogP contribution in [-0.4, -0.2) is 14.1 Å². The summed E-state index contributed by atoms with van der Waals surface area (Å²) in [6.45, 7) is 2.11. The quantitative estimate of drug-likeness (QED) is 0.637. The number of benzene rings is 2. The van der Waals surface area contributed by atoms with Gasteiger partial charge in [0.25, 0.3) is 0 Å². The van der Waals surface area contributed by atoms with E-state index in [-0.39, 0.29) is 0 Å². The van der Waals surface area contributed by atoms with Crippen LogP contribution in [0.25, 0.3) is 0 Å². The first-order chi connectivity index (χ1) is 8.97. The summed E-state index contributed by atoms with van der Waals surface area (Å²) in [4.78, 5) is 2.11. The number of nitrogen functional groups attached to an aromatic ring is 1. The molecular weight excluding hydrogens is 349 g/mol. The van der Waals surface area contributed by atoms with E-state index in [0.717, 1.165) is 20.6 Å². The number of rotatable bonds is 3. The maximum absolute atomic E-state index is 6.02. The maximum atomic E-state index is 6.02. The lowest BCUT2D eigenvalue weighted by Gasteiger charge is -2.18. The van der Waals surface area contributed by atoms with Gasteiger partial charge in [-0.15, -0.1) is 0 Å². The number of hydrogen-bond donors (Lipinski definition) is 2. The van der Waals surface area contributed by atoms with E-state index in [4.69, 9.17) is 5.73 Å². The van der Waals surface area contributed by atoms with Gasteiger partial charge in [-0.1, -0.05) is 6.07 Å². The second-order valence-corrected chi connectivity index (χ2v) is 6.00. The Labute approximate surface area is 127 Å². The number of aryl methyl sites for hydroxylation is 1. The van der Waals surface area contributed by atoms with Crippen molar-refractivity contribution in [1.82, 2.24) is 0 Å². The third-order valence-electron chi connectivity index (χ3n) is 2.98. The van der Waals surface area contributed by atoms with Gasteiger partial charge >= 0.3 is 0 Å². The van der Waals surface area contributed by atoms with Crippen LogP contribution in [0, 0.1) is 10.5 Å². The van der Waals surface area contributed by atoms with Crippen molar-refractivity contribution in [2.45, 2.75) is 6.92 Å². The molecule has 0 saturated carbocycles. The Kier molecular flexibility index (Phi) is 4.19. The highest BCUT2D eigenvalue weighted by Crippen LogP contribution is 2.28. The highest BCUT2D eigenvalue weighted by molar-refractivity contribution is 14.1. The molecule has 0 radical (unpaired) electrons. The van der Waals surface area contributed by atoms with Crippen molar-refractivity contribution < 1.29 is 0 Å². The van der Waals surface area contributed by atoms with Gasteiger partial charge in [-0.3, -0.25) is 0 Å². The van der Waals surface area contributed by atoms with Crippen molar-refractivity contribution in [3.8, 4) is 0 Å². The zero-order valence-electron chi connectivity index (χ0n) is 11.4. The Morgan fingerprint density at radius 2 is 1.84 bits per heavy atom. The minimum absolute atomic E-state index is 0.763. The summed E-state index contributed by atoms with van der Waals surface area (Å²) in [6, 6.07) is 12.3. The average molecular weight is 367 g/mol. The molecule has 0 amide bonds. The van der Waals surface area contributed by atoms with Crippen LogP contribution < -0.4 is 16.0 Å². The molecule has 2 rings (SSSR count). The van der Waals surface area contributed by atoms with E-state index < -0.39 is 0 Å². The van der Waals surface area contributed by atoms with Crippen LogP contribution in [0.2, 0.25) is 0 Å². The number of nitrogens with zero attached hydrogens (tertiary/aromatic N) is 1. The zero-order valence-corrected chi connectivity index (χ0v) is 13.5. The molecular formula is C15H18IN3. The van der Waals surface area contributed by atoms with Crippen LogP contribution in [0.15, 0.2) is 36.4 Å². The lowest BCUT2D eigenvalue weighted by molar-refractivity contribution is 1.11. The number of anilines is 4. The molecule has 0 unspecified atom stereocenters. The molecule has 0 aliphatic rings. The topological polar surface area (TPSA) is 41.3 Å². The average Bonchev–Trinajstić information content (AvgIpc) is 2.34. The minimum atomic E-state index is 0.763. The largest absolute Gasteiger partial charge is 0.397 e. The van der Waals surface area contributed by atoms with Gasteiger partial charge in [-0.2, -0.15) is 0 Å². The molecule has 100 valence electrons. The Morgan fingerprint density at radius 1 is 1.11 bits per heavy atom. The number of hydrogen-bond acceptors (Lipinski definition) is 3. The Balaban J connectivity index is 2.31. The fraction of sp³-hybridized carbons (Fsp3) is 0.200. The van der Waals surface area contributed by atoms with E-state index in [1.54, 1.807) is 0 Å².